The van der Waals surface area contributed by atoms with Crippen LogP contribution in [0.25, 0.3) is 0 Å². The Morgan fingerprint density at radius 3 is 2.56 bits per heavy atom. The first-order valence-electron chi connectivity index (χ1n) is 8.44. The average molecular weight is 411 g/mol. The van der Waals surface area contributed by atoms with Gasteiger partial charge in [0, 0.05) is 5.69 Å². The molecule has 0 aliphatic rings. The van der Waals surface area contributed by atoms with Crippen LogP contribution >= 0.6 is 11.6 Å². The number of anilines is 1. The third-order valence-corrected chi connectivity index (χ3v) is 5.98. The number of nitrogens with one attached hydrogen (secondary N) is 2. The van der Waals surface area contributed by atoms with Crippen LogP contribution in [0, 0.1) is 6.92 Å². The minimum absolute atomic E-state index is 0.0434. The van der Waals surface area contributed by atoms with E-state index in [4.69, 9.17) is 16.3 Å². The minimum Gasteiger partial charge on any atom is -0.495 e. The highest BCUT2D eigenvalue weighted by Gasteiger charge is 2.23. The van der Waals surface area contributed by atoms with E-state index in [-0.39, 0.29) is 9.92 Å². The van der Waals surface area contributed by atoms with Crippen LogP contribution in [0.5, 0.6) is 5.75 Å². The van der Waals surface area contributed by atoms with E-state index in [1.54, 1.807) is 0 Å². The SMILES string of the molecule is CCc1cccc(C)c1NC(=O)[C@H](C)NS(=O)(=O)c1ccc(OC)c(Cl)c1. The zero-order valence-corrected chi connectivity index (χ0v) is 17.2. The molecule has 27 heavy (non-hydrogen) atoms. The zero-order chi connectivity index (χ0) is 20.2. The number of methoxy groups -OCH3 is 1. The molecule has 0 spiro atoms. The molecule has 0 saturated heterocycles. The van der Waals surface area contributed by atoms with E-state index >= 15 is 0 Å². The summed E-state index contributed by atoms with van der Waals surface area (Å²) in [5.74, 6) is -0.0739. The first kappa shape index (κ1) is 21.2. The lowest BCUT2D eigenvalue weighted by atomic mass is 10.1. The van der Waals surface area contributed by atoms with Crippen molar-refractivity contribution >= 4 is 33.2 Å². The maximum absolute atomic E-state index is 12.6. The van der Waals surface area contributed by atoms with Crippen LogP contribution in [0.15, 0.2) is 41.3 Å². The normalized spacial score (nSPS) is 12.5. The molecule has 2 aromatic carbocycles. The molecule has 2 N–H and O–H groups in total. The van der Waals surface area contributed by atoms with E-state index in [0.717, 1.165) is 17.5 Å². The molecule has 0 aromatic heterocycles. The number of sulfonamides is 1. The molecule has 0 saturated carbocycles. The first-order chi connectivity index (χ1) is 12.7. The highest BCUT2D eigenvalue weighted by molar-refractivity contribution is 7.89. The Kier molecular flexibility index (Phi) is 6.86. The summed E-state index contributed by atoms with van der Waals surface area (Å²) in [6.07, 6.45) is 0.752. The van der Waals surface area contributed by atoms with E-state index in [1.165, 1.54) is 32.2 Å². The quantitative estimate of drug-likeness (QED) is 0.731. The van der Waals surface area contributed by atoms with E-state index in [9.17, 15) is 13.2 Å². The van der Waals surface area contributed by atoms with Gasteiger partial charge in [-0.3, -0.25) is 4.79 Å². The number of para-hydroxylation sites is 1. The Morgan fingerprint density at radius 2 is 1.96 bits per heavy atom. The molecule has 2 rings (SSSR count). The Bertz CT molecular complexity index is 945. The molecule has 0 bridgehead atoms. The maximum atomic E-state index is 12.6. The van der Waals surface area contributed by atoms with Gasteiger partial charge in [-0.2, -0.15) is 4.72 Å². The van der Waals surface area contributed by atoms with Crippen LogP contribution in [0.1, 0.15) is 25.0 Å². The average Bonchev–Trinajstić information content (AvgIpc) is 2.62. The molecule has 0 radical (unpaired) electrons. The number of rotatable bonds is 7. The van der Waals surface area contributed by atoms with Gasteiger partial charge >= 0.3 is 0 Å². The molecule has 146 valence electrons. The number of benzene rings is 2. The van der Waals surface area contributed by atoms with Gasteiger partial charge in [0.2, 0.25) is 15.9 Å². The predicted octanol–water partition coefficient (Wildman–Crippen LogP) is 3.52. The largest absolute Gasteiger partial charge is 0.495 e. The summed E-state index contributed by atoms with van der Waals surface area (Å²) in [6.45, 7) is 5.37. The van der Waals surface area contributed by atoms with Crippen LogP contribution in [-0.4, -0.2) is 27.5 Å². The molecule has 0 aliphatic carbocycles. The van der Waals surface area contributed by atoms with E-state index in [0.29, 0.717) is 11.4 Å². The van der Waals surface area contributed by atoms with Crippen LogP contribution in [-0.2, 0) is 21.2 Å². The lowest BCUT2D eigenvalue weighted by molar-refractivity contribution is -0.117. The van der Waals surface area contributed by atoms with Crippen molar-refractivity contribution in [3.05, 3.63) is 52.5 Å². The molecule has 1 amide bonds. The van der Waals surface area contributed by atoms with Crippen molar-refractivity contribution in [2.75, 3.05) is 12.4 Å². The van der Waals surface area contributed by atoms with Gasteiger partial charge in [0.25, 0.3) is 0 Å². The lowest BCUT2D eigenvalue weighted by Crippen LogP contribution is -2.41. The Hall–Kier alpha value is -2.09. The second-order valence-electron chi connectivity index (χ2n) is 6.09. The fourth-order valence-electron chi connectivity index (χ4n) is 2.60. The van der Waals surface area contributed by atoms with Gasteiger partial charge in [-0.25, -0.2) is 8.42 Å². The number of carbonyl (C=O) groups excluding carboxylic acids is 1. The van der Waals surface area contributed by atoms with Gasteiger partial charge < -0.3 is 10.1 Å². The van der Waals surface area contributed by atoms with Crippen molar-refractivity contribution in [1.29, 1.82) is 0 Å². The first-order valence-corrected chi connectivity index (χ1v) is 10.3. The molecule has 0 fully saturated rings. The second-order valence-corrected chi connectivity index (χ2v) is 8.21. The maximum Gasteiger partial charge on any atom is 0.242 e. The minimum atomic E-state index is -3.92. The van der Waals surface area contributed by atoms with Crippen LogP contribution in [0.2, 0.25) is 5.02 Å². The molecular weight excluding hydrogens is 388 g/mol. The second kappa shape index (κ2) is 8.73. The number of halogens is 1. The number of amides is 1. The highest BCUT2D eigenvalue weighted by Crippen LogP contribution is 2.27. The highest BCUT2D eigenvalue weighted by atomic mass is 35.5. The molecule has 8 heteroatoms. The van der Waals surface area contributed by atoms with Gasteiger partial charge in [-0.05, 0) is 49.6 Å². The standard InChI is InChI=1S/C19H23ClN2O4S/c1-5-14-8-6-7-12(2)18(14)21-19(23)13(3)22-27(24,25)15-9-10-17(26-4)16(20)11-15/h6-11,13,22H,5H2,1-4H3,(H,21,23)/t13-/m0/s1. The van der Waals surface area contributed by atoms with Gasteiger partial charge in [-0.15, -0.1) is 0 Å². The summed E-state index contributed by atoms with van der Waals surface area (Å²) in [6, 6.07) is 8.88. The molecule has 6 nitrogen and oxygen atoms in total. The van der Waals surface area contributed by atoms with E-state index in [1.807, 2.05) is 32.0 Å². The van der Waals surface area contributed by atoms with Gasteiger partial charge in [-0.1, -0.05) is 36.7 Å². The van der Waals surface area contributed by atoms with Crippen molar-refractivity contribution in [3.63, 3.8) is 0 Å². The number of ether oxygens (including phenoxy) is 1. The molecule has 1 atom stereocenters. The lowest BCUT2D eigenvalue weighted by Gasteiger charge is -2.18. The number of aryl methyl sites for hydroxylation is 2. The Labute approximate surface area is 164 Å². The third-order valence-electron chi connectivity index (χ3n) is 4.15. The van der Waals surface area contributed by atoms with Gasteiger partial charge in [0.1, 0.15) is 5.75 Å². The van der Waals surface area contributed by atoms with Crippen molar-refractivity contribution in [2.24, 2.45) is 0 Å². The number of hydrogen-bond donors (Lipinski definition) is 2. The van der Waals surface area contributed by atoms with E-state index < -0.39 is 22.0 Å². The van der Waals surface area contributed by atoms with Gasteiger partial charge in [0.05, 0.1) is 23.1 Å². The van der Waals surface area contributed by atoms with Crippen molar-refractivity contribution in [3.8, 4) is 5.75 Å². The number of carbonyl (C=O) groups is 1. The summed E-state index contributed by atoms with van der Waals surface area (Å²) >= 11 is 6.00. The topological polar surface area (TPSA) is 84.5 Å². The smallest absolute Gasteiger partial charge is 0.242 e. The summed E-state index contributed by atoms with van der Waals surface area (Å²) < 4.78 is 32.5. The zero-order valence-electron chi connectivity index (χ0n) is 15.7. The predicted molar refractivity (Wildman–Crippen MR) is 107 cm³/mol. The molecule has 0 aliphatic heterocycles. The van der Waals surface area contributed by atoms with Gasteiger partial charge in [0.15, 0.2) is 0 Å². The van der Waals surface area contributed by atoms with Crippen LogP contribution in [0.4, 0.5) is 5.69 Å². The fourth-order valence-corrected chi connectivity index (χ4v) is 4.15. The third kappa shape index (κ3) is 5.00. The summed E-state index contributed by atoms with van der Waals surface area (Å²) in [4.78, 5) is 12.5. The van der Waals surface area contributed by atoms with Crippen molar-refractivity contribution in [2.45, 2.75) is 38.1 Å². The fraction of sp³-hybridized carbons (Fsp3) is 0.316. The molecule has 2 aromatic rings. The monoisotopic (exact) mass is 410 g/mol. The molecule has 0 heterocycles. The van der Waals surface area contributed by atoms with Crippen LogP contribution in [0.3, 0.4) is 0 Å². The van der Waals surface area contributed by atoms with Crippen molar-refractivity contribution in [1.82, 2.24) is 4.72 Å². The van der Waals surface area contributed by atoms with Crippen molar-refractivity contribution < 1.29 is 17.9 Å². The molecular formula is C19H23ClN2O4S. The summed E-state index contributed by atoms with van der Waals surface area (Å²) in [5.41, 5.74) is 2.61. The van der Waals surface area contributed by atoms with Crippen LogP contribution < -0.4 is 14.8 Å². The summed E-state index contributed by atoms with van der Waals surface area (Å²) in [5, 5.41) is 2.99. The molecule has 0 unspecified atom stereocenters. The summed E-state index contributed by atoms with van der Waals surface area (Å²) in [7, 11) is -2.48. The Morgan fingerprint density at radius 1 is 1.26 bits per heavy atom. The van der Waals surface area contributed by atoms with E-state index in [2.05, 4.69) is 10.0 Å². The Balaban J connectivity index is 2.17. The number of hydrogen-bond acceptors (Lipinski definition) is 4.